The third-order valence-corrected chi connectivity index (χ3v) is 5.22. The number of ether oxygens (including phenoxy) is 2. The summed E-state index contributed by atoms with van der Waals surface area (Å²) in [5.74, 6) is -1.49. The van der Waals surface area contributed by atoms with E-state index >= 15 is 0 Å². The van der Waals surface area contributed by atoms with Crippen molar-refractivity contribution in [2.75, 3.05) is 18.6 Å². The SMILES string of the molecule is COc1ccc(C(=O)COC(=O)c2ccc3c(c2)C(=O)N(c2ccccc2C)C3=O)cc1. The van der Waals surface area contributed by atoms with Crippen LogP contribution in [0.1, 0.15) is 47.0 Å². The van der Waals surface area contributed by atoms with Crippen molar-refractivity contribution in [1.29, 1.82) is 0 Å². The van der Waals surface area contributed by atoms with Crippen LogP contribution in [0.4, 0.5) is 5.69 Å². The maximum absolute atomic E-state index is 12.9. The predicted octanol–water partition coefficient (Wildman–Crippen LogP) is 3.84. The van der Waals surface area contributed by atoms with Gasteiger partial charge in [-0.2, -0.15) is 0 Å². The van der Waals surface area contributed by atoms with E-state index in [1.807, 2.05) is 19.1 Å². The molecule has 32 heavy (non-hydrogen) atoms. The molecule has 4 rings (SSSR count). The second-order valence-electron chi connectivity index (χ2n) is 7.22. The zero-order valence-electron chi connectivity index (χ0n) is 17.5. The van der Waals surface area contributed by atoms with E-state index in [1.54, 1.807) is 36.4 Å². The summed E-state index contributed by atoms with van der Waals surface area (Å²) in [7, 11) is 1.52. The molecule has 0 saturated heterocycles. The van der Waals surface area contributed by atoms with E-state index < -0.39 is 24.4 Å². The fourth-order valence-corrected chi connectivity index (χ4v) is 3.48. The van der Waals surface area contributed by atoms with Crippen molar-refractivity contribution in [2.24, 2.45) is 0 Å². The number of aryl methyl sites for hydroxylation is 1. The van der Waals surface area contributed by atoms with Crippen LogP contribution in [-0.4, -0.2) is 37.3 Å². The zero-order valence-corrected chi connectivity index (χ0v) is 17.5. The van der Waals surface area contributed by atoms with Gasteiger partial charge >= 0.3 is 5.97 Å². The number of methoxy groups -OCH3 is 1. The van der Waals surface area contributed by atoms with Gasteiger partial charge in [-0.15, -0.1) is 0 Å². The zero-order chi connectivity index (χ0) is 22.8. The molecule has 7 heteroatoms. The van der Waals surface area contributed by atoms with Crippen molar-refractivity contribution in [3.8, 4) is 5.75 Å². The number of fused-ring (bicyclic) bond motifs is 1. The summed E-state index contributed by atoms with van der Waals surface area (Å²) in [6.07, 6.45) is 0. The third kappa shape index (κ3) is 3.76. The first-order valence-electron chi connectivity index (χ1n) is 9.83. The van der Waals surface area contributed by atoms with Gasteiger partial charge in [0.15, 0.2) is 12.4 Å². The lowest BCUT2D eigenvalue weighted by Gasteiger charge is -2.16. The molecular weight excluding hydrogens is 410 g/mol. The number of hydrogen-bond donors (Lipinski definition) is 0. The molecule has 3 aromatic carbocycles. The van der Waals surface area contributed by atoms with E-state index in [1.165, 1.54) is 25.3 Å². The number of rotatable bonds is 6. The lowest BCUT2D eigenvalue weighted by atomic mass is 10.1. The van der Waals surface area contributed by atoms with Crippen molar-refractivity contribution in [3.63, 3.8) is 0 Å². The van der Waals surface area contributed by atoms with Gasteiger partial charge in [-0.3, -0.25) is 14.4 Å². The van der Waals surface area contributed by atoms with Crippen LogP contribution < -0.4 is 9.64 Å². The van der Waals surface area contributed by atoms with Crippen LogP contribution in [-0.2, 0) is 4.74 Å². The summed E-state index contributed by atoms with van der Waals surface area (Å²) in [6, 6.07) is 17.7. The van der Waals surface area contributed by atoms with E-state index in [9.17, 15) is 19.2 Å². The van der Waals surface area contributed by atoms with Gasteiger partial charge in [0.05, 0.1) is 29.5 Å². The maximum Gasteiger partial charge on any atom is 0.338 e. The summed E-state index contributed by atoms with van der Waals surface area (Å²) >= 11 is 0. The topological polar surface area (TPSA) is 90.0 Å². The van der Waals surface area contributed by atoms with Crippen LogP contribution in [0.3, 0.4) is 0 Å². The van der Waals surface area contributed by atoms with Crippen LogP contribution in [0, 0.1) is 6.92 Å². The molecule has 0 atom stereocenters. The van der Waals surface area contributed by atoms with Crippen molar-refractivity contribution in [3.05, 3.63) is 94.5 Å². The average Bonchev–Trinajstić information content (AvgIpc) is 3.07. The van der Waals surface area contributed by atoms with Crippen molar-refractivity contribution >= 4 is 29.3 Å². The van der Waals surface area contributed by atoms with E-state index in [2.05, 4.69) is 0 Å². The Kier molecular flexibility index (Phi) is 5.55. The lowest BCUT2D eigenvalue weighted by molar-refractivity contribution is 0.0474. The number of carbonyl (C=O) groups is 4. The highest BCUT2D eigenvalue weighted by Crippen LogP contribution is 2.31. The molecule has 0 saturated carbocycles. The first-order valence-corrected chi connectivity index (χ1v) is 9.83. The highest BCUT2D eigenvalue weighted by atomic mass is 16.5. The molecule has 160 valence electrons. The average molecular weight is 429 g/mol. The number of hydrogen-bond acceptors (Lipinski definition) is 6. The van der Waals surface area contributed by atoms with Crippen molar-refractivity contribution in [2.45, 2.75) is 6.92 Å². The number of benzene rings is 3. The number of imide groups is 1. The summed E-state index contributed by atoms with van der Waals surface area (Å²) in [5, 5.41) is 0. The molecule has 1 aliphatic heterocycles. The number of anilines is 1. The van der Waals surface area contributed by atoms with Gasteiger partial charge in [0.1, 0.15) is 5.75 Å². The third-order valence-electron chi connectivity index (χ3n) is 5.22. The molecule has 0 N–H and O–H groups in total. The molecule has 0 bridgehead atoms. The fraction of sp³-hybridized carbons (Fsp3) is 0.120. The molecule has 0 aromatic heterocycles. The summed E-state index contributed by atoms with van der Waals surface area (Å²) in [4.78, 5) is 51.6. The number of amides is 2. The Morgan fingerprint density at radius 2 is 1.50 bits per heavy atom. The summed E-state index contributed by atoms with van der Waals surface area (Å²) in [6.45, 7) is 1.35. The Balaban J connectivity index is 1.49. The first-order chi connectivity index (χ1) is 15.4. The monoisotopic (exact) mass is 429 g/mol. The Morgan fingerprint density at radius 1 is 0.844 bits per heavy atom. The predicted molar refractivity (Wildman–Crippen MR) is 116 cm³/mol. The van der Waals surface area contributed by atoms with Gasteiger partial charge in [0.2, 0.25) is 0 Å². The number of nitrogens with zero attached hydrogens (tertiary/aromatic N) is 1. The van der Waals surface area contributed by atoms with E-state index in [0.717, 1.165) is 10.5 Å². The molecule has 2 amide bonds. The minimum absolute atomic E-state index is 0.0825. The first kappa shape index (κ1) is 21.0. The smallest absolute Gasteiger partial charge is 0.338 e. The molecular formula is C25H19NO6. The Labute approximate surface area is 184 Å². The highest BCUT2D eigenvalue weighted by molar-refractivity contribution is 6.35. The van der Waals surface area contributed by atoms with Crippen LogP contribution in [0.15, 0.2) is 66.7 Å². The standard InChI is InChI=1S/C25H19NO6/c1-15-5-3-4-6-21(15)26-23(28)19-12-9-17(13-20(19)24(26)29)25(30)32-14-22(27)16-7-10-18(31-2)11-8-16/h3-13H,14H2,1-2H3. The van der Waals surface area contributed by atoms with Crippen LogP contribution in [0.5, 0.6) is 5.75 Å². The van der Waals surface area contributed by atoms with Crippen LogP contribution in [0.25, 0.3) is 0 Å². The molecule has 7 nitrogen and oxygen atoms in total. The van der Waals surface area contributed by atoms with Crippen molar-refractivity contribution < 1.29 is 28.7 Å². The van der Waals surface area contributed by atoms with Gasteiger partial charge in [-0.25, -0.2) is 9.69 Å². The Bertz CT molecular complexity index is 1250. The lowest BCUT2D eigenvalue weighted by Crippen LogP contribution is -2.29. The molecule has 1 aliphatic rings. The number of esters is 1. The quantitative estimate of drug-likeness (QED) is 0.336. The van der Waals surface area contributed by atoms with E-state index in [4.69, 9.17) is 9.47 Å². The van der Waals surface area contributed by atoms with E-state index in [-0.39, 0.29) is 22.5 Å². The van der Waals surface area contributed by atoms with Gasteiger partial charge in [0.25, 0.3) is 11.8 Å². The number of ketones is 1. The highest BCUT2D eigenvalue weighted by Gasteiger charge is 2.37. The molecule has 1 heterocycles. The molecule has 0 radical (unpaired) electrons. The minimum Gasteiger partial charge on any atom is -0.497 e. The van der Waals surface area contributed by atoms with Gasteiger partial charge < -0.3 is 9.47 Å². The number of Topliss-reactive ketones (excluding diaryl/α,β-unsaturated/α-hetero) is 1. The number of para-hydroxylation sites is 1. The maximum atomic E-state index is 12.9. The summed E-state index contributed by atoms with van der Waals surface area (Å²) < 4.78 is 10.2. The molecule has 0 fully saturated rings. The molecule has 0 spiro atoms. The molecule has 0 unspecified atom stereocenters. The van der Waals surface area contributed by atoms with Gasteiger partial charge in [-0.1, -0.05) is 18.2 Å². The minimum atomic E-state index is -0.760. The largest absolute Gasteiger partial charge is 0.497 e. The normalized spacial score (nSPS) is 12.5. The fourth-order valence-electron chi connectivity index (χ4n) is 3.48. The number of carbonyl (C=O) groups excluding carboxylic acids is 4. The van der Waals surface area contributed by atoms with Crippen LogP contribution in [0.2, 0.25) is 0 Å². The summed E-state index contributed by atoms with van der Waals surface area (Å²) in [5.41, 5.74) is 2.06. The van der Waals surface area contributed by atoms with E-state index in [0.29, 0.717) is 17.0 Å². The second kappa shape index (κ2) is 8.47. The van der Waals surface area contributed by atoms with Gasteiger partial charge in [-0.05, 0) is 61.0 Å². The molecule has 3 aromatic rings. The van der Waals surface area contributed by atoms with Gasteiger partial charge in [0, 0.05) is 5.56 Å². The van der Waals surface area contributed by atoms with Crippen LogP contribution >= 0.6 is 0 Å². The Morgan fingerprint density at radius 3 is 2.19 bits per heavy atom. The molecule has 0 aliphatic carbocycles. The van der Waals surface area contributed by atoms with Crippen molar-refractivity contribution in [1.82, 2.24) is 0 Å². The second-order valence-corrected chi connectivity index (χ2v) is 7.22. The Hall–Kier alpha value is -4.26.